The van der Waals surface area contributed by atoms with Crippen LogP contribution in [0.3, 0.4) is 0 Å². The average molecular weight is 264 g/mol. The predicted octanol–water partition coefficient (Wildman–Crippen LogP) is 2.09. The lowest BCUT2D eigenvalue weighted by molar-refractivity contribution is -0.127. The Morgan fingerprint density at radius 2 is 2.00 bits per heavy atom. The van der Waals surface area contributed by atoms with Gasteiger partial charge < -0.3 is 15.4 Å². The van der Waals surface area contributed by atoms with Crippen LogP contribution in [0.5, 0.6) is 5.75 Å². The van der Waals surface area contributed by atoms with Crippen LogP contribution in [0.4, 0.5) is 0 Å². The highest BCUT2D eigenvalue weighted by molar-refractivity contribution is 5.80. The molecule has 1 aromatic rings. The Kier molecular flexibility index (Phi) is 6.97. The van der Waals surface area contributed by atoms with E-state index >= 15 is 0 Å². The van der Waals surface area contributed by atoms with Gasteiger partial charge in [-0.15, -0.1) is 0 Å². The molecular formula is C15H24N2O2. The summed E-state index contributed by atoms with van der Waals surface area (Å²) < 4.78 is 5.61. The summed E-state index contributed by atoms with van der Waals surface area (Å²) >= 11 is 0. The number of carbonyl (C=O) groups is 1. The number of benzene rings is 1. The molecule has 0 aromatic heterocycles. The van der Waals surface area contributed by atoms with Crippen LogP contribution in [0.1, 0.15) is 32.3 Å². The molecule has 106 valence electrons. The molecule has 4 heteroatoms. The van der Waals surface area contributed by atoms with Gasteiger partial charge in [0.1, 0.15) is 5.75 Å². The average Bonchev–Trinajstić information content (AvgIpc) is 2.41. The summed E-state index contributed by atoms with van der Waals surface area (Å²) in [6.45, 7) is 5.40. The Balaban J connectivity index is 2.42. The third kappa shape index (κ3) is 5.75. The number of hydrogen-bond acceptors (Lipinski definition) is 3. The van der Waals surface area contributed by atoms with Crippen LogP contribution in [-0.4, -0.2) is 25.6 Å². The molecule has 19 heavy (non-hydrogen) atoms. The Labute approximate surface area is 115 Å². The number of unbranched alkanes of at least 4 members (excludes halogenated alkanes) is 1. The van der Waals surface area contributed by atoms with E-state index in [9.17, 15) is 4.79 Å². The molecule has 0 fully saturated rings. The zero-order chi connectivity index (χ0) is 14.1. The third-order valence-electron chi connectivity index (χ3n) is 2.82. The van der Waals surface area contributed by atoms with Crippen LogP contribution in [0.15, 0.2) is 24.3 Å². The lowest BCUT2D eigenvalue weighted by atomic mass is 10.2. The summed E-state index contributed by atoms with van der Waals surface area (Å²) in [6, 6.07) is 7.77. The minimum atomic E-state index is -0.466. The van der Waals surface area contributed by atoms with Gasteiger partial charge in [0.2, 0.25) is 0 Å². The smallest absolute Gasteiger partial charge is 0.260 e. The van der Waals surface area contributed by atoms with Gasteiger partial charge >= 0.3 is 0 Å². The molecule has 0 aliphatic carbocycles. The summed E-state index contributed by atoms with van der Waals surface area (Å²) in [5.41, 5.74) is 1.19. The molecule has 1 rings (SSSR count). The van der Waals surface area contributed by atoms with Gasteiger partial charge in [-0.2, -0.15) is 0 Å². The predicted molar refractivity (Wildman–Crippen MR) is 77.2 cm³/mol. The molecule has 4 nitrogen and oxygen atoms in total. The highest BCUT2D eigenvalue weighted by Gasteiger charge is 2.13. The molecule has 0 saturated heterocycles. The quantitative estimate of drug-likeness (QED) is 0.707. The van der Waals surface area contributed by atoms with E-state index < -0.39 is 6.10 Å². The molecule has 0 bridgehead atoms. The van der Waals surface area contributed by atoms with Crippen molar-refractivity contribution in [3.63, 3.8) is 0 Å². The van der Waals surface area contributed by atoms with Crippen LogP contribution in [-0.2, 0) is 11.3 Å². The summed E-state index contributed by atoms with van der Waals surface area (Å²) in [5, 5.41) is 5.95. The Bertz CT molecular complexity index is 376. The van der Waals surface area contributed by atoms with E-state index in [1.807, 2.05) is 31.3 Å². The molecule has 0 aliphatic heterocycles. The van der Waals surface area contributed by atoms with Crippen LogP contribution < -0.4 is 15.4 Å². The van der Waals surface area contributed by atoms with Gasteiger partial charge in [0, 0.05) is 13.1 Å². The Morgan fingerprint density at radius 1 is 1.32 bits per heavy atom. The molecule has 1 aromatic carbocycles. The maximum Gasteiger partial charge on any atom is 0.260 e. The van der Waals surface area contributed by atoms with E-state index in [1.54, 1.807) is 6.92 Å². The van der Waals surface area contributed by atoms with Crippen LogP contribution in [0.25, 0.3) is 0 Å². The molecule has 1 atom stereocenters. The highest BCUT2D eigenvalue weighted by atomic mass is 16.5. The number of hydrogen-bond donors (Lipinski definition) is 2. The lowest BCUT2D eigenvalue weighted by Crippen LogP contribution is -2.36. The molecule has 2 N–H and O–H groups in total. The monoisotopic (exact) mass is 264 g/mol. The minimum absolute atomic E-state index is 0.0623. The van der Waals surface area contributed by atoms with E-state index in [1.165, 1.54) is 5.56 Å². The van der Waals surface area contributed by atoms with Gasteiger partial charge in [0.25, 0.3) is 5.91 Å². The summed E-state index contributed by atoms with van der Waals surface area (Å²) in [5.74, 6) is 0.658. The van der Waals surface area contributed by atoms with Crippen molar-refractivity contribution in [1.82, 2.24) is 10.6 Å². The summed E-state index contributed by atoms with van der Waals surface area (Å²) in [7, 11) is 1.91. The van der Waals surface area contributed by atoms with Crippen molar-refractivity contribution in [2.45, 2.75) is 39.3 Å². The molecule has 0 spiro atoms. The first-order valence-electron chi connectivity index (χ1n) is 6.85. The number of ether oxygens (including phenoxy) is 1. The second-order valence-electron chi connectivity index (χ2n) is 4.58. The first-order valence-corrected chi connectivity index (χ1v) is 6.85. The standard InChI is InChI=1S/C15H24N2O2/c1-4-5-10-17-15(18)12(2)19-14-8-6-13(7-9-14)11-16-3/h6-9,12,16H,4-5,10-11H2,1-3H3,(H,17,18). The molecule has 0 heterocycles. The van der Waals surface area contributed by atoms with E-state index in [2.05, 4.69) is 17.6 Å². The van der Waals surface area contributed by atoms with Crippen molar-refractivity contribution in [2.24, 2.45) is 0 Å². The van der Waals surface area contributed by atoms with Gasteiger partial charge in [-0.1, -0.05) is 25.5 Å². The Morgan fingerprint density at radius 3 is 2.58 bits per heavy atom. The van der Waals surface area contributed by atoms with Gasteiger partial charge in [-0.05, 0) is 38.1 Å². The lowest BCUT2D eigenvalue weighted by Gasteiger charge is -2.14. The molecule has 1 unspecified atom stereocenters. The first kappa shape index (κ1) is 15.5. The molecular weight excluding hydrogens is 240 g/mol. The van der Waals surface area contributed by atoms with Crippen molar-refractivity contribution in [2.75, 3.05) is 13.6 Å². The molecule has 1 amide bonds. The highest BCUT2D eigenvalue weighted by Crippen LogP contribution is 2.13. The number of amides is 1. The van der Waals surface area contributed by atoms with Crippen LogP contribution >= 0.6 is 0 Å². The van der Waals surface area contributed by atoms with Crippen molar-refractivity contribution >= 4 is 5.91 Å². The van der Waals surface area contributed by atoms with Crippen molar-refractivity contribution < 1.29 is 9.53 Å². The zero-order valence-corrected chi connectivity index (χ0v) is 12.0. The summed E-state index contributed by atoms with van der Waals surface area (Å²) in [6.07, 6.45) is 1.60. The normalized spacial score (nSPS) is 11.9. The van der Waals surface area contributed by atoms with Crippen LogP contribution in [0, 0.1) is 0 Å². The molecule has 0 saturated carbocycles. The first-order chi connectivity index (χ1) is 9.17. The summed E-state index contributed by atoms with van der Waals surface area (Å²) in [4.78, 5) is 11.7. The molecule has 0 radical (unpaired) electrons. The maximum absolute atomic E-state index is 11.7. The fraction of sp³-hybridized carbons (Fsp3) is 0.533. The van der Waals surface area contributed by atoms with Gasteiger partial charge in [-0.25, -0.2) is 0 Å². The van der Waals surface area contributed by atoms with Crippen molar-refractivity contribution in [1.29, 1.82) is 0 Å². The van der Waals surface area contributed by atoms with Gasteiger partial charge in [0.05, 0.1) is 0 Å². The van der Waals surface area contributed by atoms with Gasteiger partial charge in [-0.3, -0.25) is 4.79 Å². The van der Waals surface area contributed by atoms with E-state index in [4.69, 9.17) is 4.74 Å². The second-order valence-corrected chi connectivity index (χ2v) is 4.58. The number of nitrogens with one attached hydrogen (secondary N) is 2. The van der Waals surface area contributed by atoms with Crippen LogP contribution in [0.2, 0.25) is 0 Å². The second kappa shape index (κ2) is 8.53. The third-order valence-corrected chi connectivity index (χ3v) is 2.82. The number of rotatable bonds is 8. The SMILES string of the molecule is CCCCNC(=O)C(C)Oc1ccc(CNC)cc1. The van der Waals surface area contributed by atoms with Crippen molar-refractivity contribution in [3.8, 4) is 5.75 Å². The fourth-order valence-corrected chi connectivity index (χ4v) is 1.68. The zero-order valence-electron chi connectivity index (χ0n) is 12.0. The topological polar surface area (TPSA) is 50.4 Å². The van der Waals surface area contributed by atoms with E-state index in [0.29, 0.717) is 6.54 Å². The maximum atomic E-state index is 11.7. The molecule has 0 aliphatic rings. The van der Waals surface area contributed by atoms with E-state index in [0.717, 1.165) is 25.1 Å². The van der Waals surface area contributed by atoms with E-state index in [-0.39, 0.29) is 5.91 Å². The fourth-order valence-electron chi connectivity index (χ4n) is 1.68. The largest absolute Gasteiger partial charge is 0.481 e. The number of carbonyl (C=O) groups excluding carboxylic acids is 1. The van der Waals surface area contributed by atoms with Crippen molar-refractivity contribution in [3.05, 3.63) is 29.8 Å². The Hall–Kier alpha value is -1.55. The van der Waals surface area contributed by atoms with Gasteiger partial charge in [0.15, 0.2) is 6.10 Å². The minimum Gasteiger partial charge on any atom is -0.481 e.